The zero-order chi connectivity index (χ0) is 21.6. The first-order valence-corrected chi connectivity index (χ1v) is 11.8. The maximum atomic E-state index is 12.2. The lowest BCUT2D eigenvalue weighted by molar-refractivity contribution is 0.602. The maximum absolute atomic E-state index is 12.2. The Bertz CT molecular complexity index is 1410. The van der Waals surface area contributed by atoms with Gasteiger partial charge in [-0.05, 0) is 54.4 Å². The Balaban J connectivity index is 1.57. The van der Waals surface area contributed by atoms with E-state index in [0.717, 1.165) is 30.6 Å². The van der Waals surface area contributed by atoms with Crippen LogP contribution < -0.4 is 16.4 Å². The maximum Gasteiger partial charge on any atom is 0.229 e. The number of hydrogen-bond acceptors (Lipinski definition) is 7. The first kappa shape index (κ1) is 19.5. The zero-order valence-corrected chi connectivity index (χ0v) is 17.8. The predicted molar refractivity (Wildman–Crippen MR) is 122 cm³/mol. The van der Waals surface area contributed by atoms with Crippen LogP contribution in [0.15, 0.2) is 53.6 Å². The van der Waals surface area contributed by atoms with E-state index in [1.807, 2.05) is 12.1 Å². The van der Waals surface area contributed by atoms with E-state index in [1.54, 1.807) is 24.4 Å². The third-order valence-electron chi connectivity index (χ3n) is 5.44. The van der Waals surface area contributed by atoms with Gasteiger partial charge in [0, 0.05) is 47.2 Å². The Kier molecular flexibility index (Phi) is 4.64. The minimum absolute atomic E-state index is 0.215. The van der Waals surface area contributed by atoms with E-state index in [-0.39, 0.29) is 4.90 Å². The number of aromatic nitrogens is 3. The summed E-state index contributed by atoms with van der Waals surface area (Å²) in [5.74, 6) is 0.653. The highest BCUT2D eigenvalue weighted by Gasteiger charge is 2.16. The second-order valence-electron chi connectivity index (χ2n) is 7.72. The predicted octanol–water partition coefficient (Wildman–Crippen LogP) is 3.00. The van der Waals surface area contributed by atoms with Crippen LogP contribution in [0.5, 0.6) is 0 Å². The van der Waals surface area contributed by atoms with Crippen LogP contribution in [0.1, 0.15) is 11.1 Å². The molecule has 1 aliphatic heterocycles. The lowest BCUT2D eigenvalue weighted by atomic mass is 10.0. The number of nitrogens with zero attached hydrogens (tertiary/aromatic N) is 2. The Morgan fingerprint density at radius 2 is 1.94 bits per heavy atom. The van der Waals surface area contributed by atoms with Gasteiger partial charge in [0.05, 0.1) is 10.6 Å². The van der Waals surface area contributed by atoms with Gasteiger partial charge in [-0.25, -0.2) is 13.4 Å². The van der Waals surface area contributed by atoms with Crippen molar-refractivity contribution < 1.29 is 8.42 Å². The molecule has 0 amide bonds. The molecule has 0 saturated heterocycles. The molecule has 5 N–H and O–H groups in total. The lowest BCUT2D eigenvalue weighted by Crippen LogP contribution is -2.23. The molecule has 1 aliphatic rings. The first-order valence-electron chi connectivity index (χ1n) is 9.92. The minimum atomic E-state index is -3.40. The summed E-state index contributed by atoms with van der Waals surface area (Å²) in [6.07, 6.45) is 3.93. The van der Waals surface area contributed by atoms with Crippen LogP contribution in [-0.2, 0) is 22.8 Å². The summed E-state index contributed by atoms with van der Waals surface area (Å²) in [4.78, 5) is 12.3. The summed E-state index contributed by atoms with van der Waals surface area (Å²) >= 11 is 0. The standard InChI is InChI=1S/C22H22N6O2S/c1-31(29,30)16-9-18(17-5-7-25-19(17)10-16)20-11-21(23)28-22(27-20)26-15-3-2-14-12-24-6-4-13(14)8-15/h2-3,5,7-11,24-25H,4,6,12H2,1H3,(H3,23,26,27,28). The number of nitrogens with two attached hydrogens (primary N) is 1. The smallest absolute Gasteiger partial charge is 0.229 e. The van der Waals surface area contributed by atoms with Crippen LogP contribution in [0.2, 0.25) is 0 Å². The van der Waals surface area contributed by atoms with Gasteiger partial charge in [-0.3, -0.25) is 0 Å². The largest absolute Gasteiger partial charge is 0.384 e. The first-order chi connectivity index (χ1) is 14.9. The average molecular weight is 435 g/mol. The topological polar surface area (TPSA) is 126 Å². The van der Waals surface area contributed by atoms with Gasteiger partial charge >= 0.3 is 0 Å². The van der Waals surface area contributed by atoms with E-state index < -0.39 is 9.84 Å². The molecule has 0 fully saturated rings. The summed E-state index contributed by atoms with van der Waals surface area (Å²) in [5.41, 5.74) is 11.5. The van der Waals surface area contributed by atoms with Crippen molar-refractivity contribution >= 4 is 38.2 Å². The van der Waals surface area contributed by atoms with E-state index in [0.29, 0.717) is 28.5 Å². The third kappa shape index (κ3) is 3.85. The van der Waals surface area contributed by atoms with Gasteiger partial charge in [0.2, 0.25) is 5.95 Å². The number of H-pyrrole nitrogens is 1. The molecule has 158 valence electrons. The number of aromatic amines is 1. The Morgan fingerprint density at radius 3 is 2.77 bits per heavy atom. The number of anilines is 3. The second-order valence-corrected chi connectivity index (χ2v) is 9.73. The van der Waals surface area contributed by atoms with Crippen LogP contribution >= 0.6 is 0 Å². The molecule has 0 spiro atoms. The zero-order valence-electron chi connectivity index (χ0n) is 16.9. The normalized spacial score (nSPS) is 13.8. The van der Waals surface area contributed by atoms with Crippen LogP contribution in [0.3, 0.4) is 0 Å². The van der Waals surface area contributed by atoms with Crippen LogP contribution in [0.4, 0.5) is 17.5 Å². The van der Waals surface area contributed by atoms with Crippen molar-refractivity contribution in [3.63, 3.8) is 0 Å². The van der Waals surface area contributed by atoms with Crippen molar-refractivity contribution in [2.45, 2.75) is 17.9 Å². The molecule has 0 saturated carbocycles. The van der Waals surface area contributed by atoms with Crippen molar-refractivity contribution in [2.75, 3.05) is 23.9 Å². The van der Waals surface area contributed by atoms with E-state index in [1.165, 1.54) is 17.4 Å². The summed E-state index contributed by atoms with van der Waals surface area (Å²) < 4.78 is 24.4. The van der Waals surface area contributed by atoms with E-state index in [9.17, 15) is 8.42 Å². The molecule has 31 heavy (non-hydrogen) atoms. The molecule has 0 unspecified atom stereocenters. The molecule has 9 heteroatoms. The minimum Gasteiger partial charge on any atom is -0.384 e. The number of nitrogen functional groups attached to an aromatic ring is 1. The number of benzene rings is 2. The molecule has 0 radical (unpaired) electrons. The van der Waals surface area contributed by atoms with Crippen LogP contribution in [-0.4, -0.2) is 36.2 Å². The SMILES string of the molecule is CS(=O)(=O)c1cc(-c2cc(N)nc(Nc3ccc4c(c3)CCNC4)n2)c2cc[nH]c2c1. The molecular weight excluding hydrogens is 412 g/mol. The molecule has 5 rings (SSSR count). The summed E-state index contributed by atoms with van der Waals surface area (Å²) in [6, 6.07) is 13.0. The molecular formula is C22H22N6O2S. The highest BCUT2D eigenvalue weighted by molar-refractivity contribution is 7.90. The number of hydrogen-bond donors (Lipinski definition) is 4. The quantitative estimate of drug-likeness (QED) is 0.389. The van der Waals surface area contributed by atoms with E-state index in [4.69, 9.17) is 5.73 Å². The lowest BCUT2D eigenvalue weighted by Gasteiger charge is -2.18. The Labute approximate surface area is 179 Å². The number of nitrogens with one attached hydrogen (secondary N) is 3. The summed E-state index contributed by atoms with van der Waals surface area (Å²) in [5, 5.41) is 7.47. The van der Waals surface area contributed by atoms with Gasteiger partial charge in [0.25, 0.3) is 0 Å². The van der Waals surface area contributed by atoms with Gasteiger partial charge in [0.15, 0.2) is 9.84 Å². The van der Waals surface area contributed by atoms with E-state index >= 15 is 0 Å². The molecule has 0 bridgehead atoms. The monoisotopic (exact) mass is 434 g/mol. The fraction of sp³-hybridized carbons (Fsp3) is 0.182. The molecule has 8 nitrogen and oxygen atoms in total. The fourth-order valence-corrected chi connectivity index (χ4v) is 4.57. The second kappa shape index (κ2) is 7.36. The molecule has 2 aromatic carbocycles. The molecule has 0 aliphatic carbocycles. The van der Waals surface area contributed by atoms with Crippen LogP contribution in [0, 0.1) is 0 Å². The van der Waals surface area contributed by atoms with Gasteiger partial charge in [0.1, 0.15) is 5.82 Å². The van der Waals surface area contributed by atoms with Crippen molar-refractivity contribution in [3.8, 4) is 11.3 Å². The van der Waals surface area contributed by atoms with Gasteiger partial charge in [-0.1, -0.05) is 6.07 Å². The van der Waals surface area contributed by atoms with Crippen molar-refractivity contribution in [1.82, 2.24) is 20.3 Å². The summed E-state index contributed by atoms with van der Waals surface area (Å²) in [7, 11) is -3.40. The average Bonchev–Trinajstić information content (AvgIpc) is 3.21. The molecule has 2 aromatic heterocycles. The van der Waals surface area contributed by atoms with Crippen molar-refractivity contribution in [1.29, 1.82) is 0 Å². The van der Waals surface area contributed by atoms with Gasteiger partial charge < -0.3 is 21.4 Å². The number of sulfone groups is 1. The van der Waals surface area contributed by atoms with Gasteiger partial charge in [-0.15, -0.1) is 0 Å². The molecule has 0 atom stereocenters. The molecule has 4 aromatic rings. The number of rotatable bonds is 4. The molecule has 3 heterocycles. The summed E-state index contributed by atoms with van der Waals surface area (Å²) in [6.45, 7) is 1.83. The highest BCUT2D eigenvalue weighted by atomic mass is 32.2. The van der Waals surface area contributed by atoms with Crippen LogP contribution in [0.25, 0.3) is 22.2 Å². The third-order valence-corrected chi connectivity index (χ3v) is 6.53. The Hall–Kier alpha value is -3.43. The Morgan fingerprint density at radius 1 is 1.06 bits per heavy atom. The number of fused-ring (bicyclic) bond motifs is 2. The highest BCUT2D eigenvalue weighted by Crippen LogP contribution is 2.32. The fourth-order valence-electron chi connectivity index (χ4n) is 3.91. The van der Waals surface area contributed by atoms with Crippen molar-refractivity contribution in [3.05, 3.63) is 59.8 Å². The van der Waals surface area contributed by atoms with Crippen molar-refractivity contribution in [2.24, 2.45) is 0 Å². The van der Waals surface area contributed by atoms with Gasteiger partial charge in [-0.2, -0.15) is 4.98 Å². The van der Waals surface area contributed by atoms with E-state index in [2.05, 4.69) is 37.7 Å².